The molecule has 0 saturated carbocycles. The molecule has 1 aliphatic rings. The Morgan fingerprint density at radius 2 is 1.70 bits per heavy atom. The predicted molar refractivity (Wildman–Crippen MR) is 127 cm³/mol. The van der Waals surface area contributed by atoms with Crippen LogP contribution in [0.4, 0.5) is 0 Å². The highest BCUT2D eigenvalue weighted by Gasteiger charge is 2.26. The van der Waals surface area contributed by atoms with Gasteiger partial charge in [0, 0.05) is 38.8 Å². The Morgan fingerprint density at radius 3 is 2.42 bits per heavy atom. The van der Waals surface area contributed by atoms with E-state index in [1.165, 1.54) is 5.56 Å². The summed E-state index contributed by atoms with van der Waals surface area (Å²) in [5.41, 5.74) is 3.52. The summed E-state index contributed by atoms with van der Waals surface area (Å²) in [6.07, 6.45) is 4.05. The molecular formula is C26H30N4O3. The number of aryl methyl sites for hydroxylation is 2. The number of amides is 2. The molecule has 0 aliphatic carbocycles. The van der Waals surface area contributed by atoms with Crippen LogP contribution in [0.15, 0.2) is 60.8 Å². The van der Waals surface area contributed by atoms with Crippen LogP contribution in [0.1, 0.15) is 34.5 Å². The van der Waals surface area contributed by atoms with E-state index in [9.17, 15) is 9.59 Å². The zero-order valence-electron chi connectivity index (χ0n) is 19.2. The summed E-state index contributed by atoms with van der Waals surface area (Å²) in [6, 6.07) is 17.8. The molecule has 1 aliphatic heterocycles. The van der Waals surface area contributed by atoms with Crippen molar-refractivity contribution in [3.8, 4) is 11.4 Å². The average molecular weight is 447 g/mol. The lowest BCUT2D eigenvalue weighted by Gasteiger charge is -2.34. The highest BCUT2D eigenvalue weighted by Crippen LogP contribution is 2.23. The molecule has 0 spiro atoms. The van der Waals surface area contributed by atoms with Crippen molar-refractivity contribution in [3.05, 3.63) is 77.6 Å². The molecule has 2 amide bonds. The van der Waals surface area contributed by atoms with E-state index < -0.39 is 0 Å². The van der Waals surface area contributed by atoms with E-state index in [0.717, 1.165) is 24.1 Å². The lowest BCUT2D eigenvalue weighted by atomic mass is 10.1. The van der Waals surface area contributed by atoms with Gasteiger partial charge >= 0.3 is 0 Å². The summed E-state index contributed by atoms with van der Waals surface area (Å²) in [6.45, 7) is 4.15. The number of carbonyl (C=O) groups excluding carboxylic acids is 2. The van der Waals surface area contributed by atoms with Crippen molar-refractivity contribution in [3.63, 3.8) is 0 Å². The van der Waals surface area contributed by atoms with Crippen molar-refractivity contribution in [1.29, 1.82) is 0 Å². The van der Waals surface area contributed by atoms with Gasteiger partial charge in [-0.05, 0) is 49.1 Å². The molecule has 1 aromatic heterocycles. The summed E-state index contributed by atoms with van der Waals surface area (Å²) >= 11 is 0. The topological polar surface area (TPSA) is 67.7 Å². The van der Waals surface area contributed by atoms with E-state index in [-0.39, 0.29) is 11.8 Å². The van der Waals surface area contributed by atoms with Crippen LogP contribution in [0.25, 0.3) is 5.69 Å². The van der Waals surface area contributed by atoms with Crippen LogP contribution in [0.3, 0.4) is 0 Å². The first-order valence-electron chi connectivity index (χ1n) is 11.4. The van der Waals surface area contributed by atoms with Gasteiger partial charge in [0.25, 0.3) is 5.91 Å². The maximum absolute atomic E-state index is 13.0. The lowest BCUT2D eigenvalue weighted by molar-refractivity contribution is -0.132. The van der Waals surface area contributed by atoms with Gasteiger partial charge in [-0.3, -0.25) is 9.59 Å². The molecule has 0 atom stereocenters. The number of ether oxygens (including phenoxy) is 1. The number of carbonyl (C=O) groups is 2. The van der Waals surface area contributed by atoms with Gasteiger partial charge < -0.3 is 14.5 Å². The van der Waals surface area contributed by atoms with Gasteiger partial charge in [-0.15, -0.1) is 0 Å². The number of nitrogens with zero attached hydrogens (tertiary/aromatic N) is 4. The molecular weight excluding hydrogens is 416 g/mol. The van der Waals surface area contributed by atoms with Crippen molar-refractivity contribution in [2.24, 2.45) is 0 Å². The van der Waals surface area contributed by atoms with Crippen molar-refractivity contribution in [2.75, 3.05) is 33.3 Å². The van der Waals surface area contributed by atoms with Gasteiger partial charge in [0.05, 0.1) is 7.11 Å². The molecule has 172 valence electrons. The van der Waals surface area contributed by atoms with E-state index in [4.69, 9.17) is 4.74 Å². The van der Waals surface area contributed by atoms with Gasteiger partial charge in [0.15, 0.2) is 5.69 Å². The van der Waals surface area contributed by atoms with E-state index in [1.807, 2.05) is 48.2 Å². The van der Waals surface area contributed by atoms with Gasteiger partial charge in [-0.2, -0.15) is 5.10 Å². The van der Waals surface area contributed by atoms with Crippen molar-refractivity contribution in [1.82, 2.24) is 19.6 Å². The van der Waals surface area contributed by atoms with Crippen LogP contribution in [0.2, 0.25) is 0 Å². The number of aromatic nitrogens is 2. The van der Waals surface area contributed by atoms with Gasteiger partial charge in [-0.1, -0.05) is 36.4 Å². The van der Waals surface area contributed by atoms with Crippen molar-refractivity contribution >= 4 is 11.8 Å². The van der Waals surface area contributed by atoms with Crippen LogP contribution in [-0.4, -0.2) is 64.7 Å². The Kier molecular flexibility index (Phi) is 7.07. The third kappa shape index (κ3) is 5.42. The Balaban J connectivity index is 1.30. The third-order valence-electron chi connectivity index (χ3n) is 6.01. The first-order chi connectivity index (χ1) is 16.0. The van der Waals surface area contributed by atoms with Crippen LogP contribution >= 0.6 is 0 Å². The fourth-order valence-corrected chi connectivity index (χ4v) is 4.12. The standard InChI is InChI=1S/C26H30N4O3/c1-20-11-12-24(33-2)23(19-20)30-14-13-22(27-30)26(32)29-17-15-28(16-18-29)25(31)10-6-9-21-7-4-3-5-8-21/h3-5,7-8,11-14,19H,6,9-10,15-18H2,1-2H3. The Morgan fingerprint density at radius 1 is 0.970 bits per heavy atom. The molecule has 7 nitrogen and oxygen atoms in total. The fourth-order valence-electron chi connectivity index (χ4n) is 4.12. The SMILES string of the molecule is COc1ccc(C)cc1-n1ccc(C(=O)N2CCN(C(=O)CCCc3ccccc3)CC2)n1. The van der Waals surface area contributed by atoms with Crippen molar-refractivity contribution < 1.29 is 14.3 Å². The minimum Gasteiger partial charge on any atom is -0.494 e. The van der Waals surface area contributed by atoms with Crippen molar-refractivity contribution in [2.45, 2.75) is 26.2 Å². The Labute approximate surface area is 194 Å². The zero-order valence-corrected chi connectivity index (χ0v) is 19.2. The average Bonchev–Trinajstić information content (AvgIpc) is 3.34. The number of rotatable bonds is 7. The van der Waals surface area contributed by atoms with Gasteiger partial charge in [0.2, 0.25) is 5.91 Å². The van der Waals surface area contributed by atoms with E-state index in [0.29, 0.717) is 44.0 Å². The molecule has 0 bridgehead atoms. The molecule has 2 heterocycles. The third-order valence-corrected chi connectivity index (χ3v) is 6.01. The second-order valence-electron chi connectivity index (χ2n) is 8.33. The second-order valence-corrected chi connectivity index (χ2v) is 8.33. The first kappa shape index (κ1) is 22.6. The number of piperazine rings is 1. The highest BCUT2D eigenvalue weighted by atomic mass is 16.5. The maximum Gasteiger partial charge on any atom is 0.274 e. The van der Waals surface area contributed by atoms with Gasteiger partial charge in [-0.25, -0.2) is 4.68 Å². The van der Waals surface area contributed by atoms with Crippen LogP contribution in [0.5, 0.6) is 5.75 Å². The maximum atomic E-state index is 13.0. The van der Waals surface area contributed by atoms with Gasteiger partial charge in [0.1, 0.15) is 11.4 Å². The summed E-state index contributed by atoms with van der Waals surface area (Å²) in [7, 11) is 1.62. The minimum atomic E-state index is -0.114. The highest BCUT2D eigenvalue weighted by molar-refractivity contribution is 5.92. The molecule has 3 aromatic rings. The molecule has 0 radical (unpaired) electrons. The predicted octanol–water partition coefficient (Wildman–Crippen LogP) is 3.50. The molecule has 0 N–H and O–H groups in total. The second kappa shape index (κ2) is 10.3. The fraction of sp³-hybridized carbons (Fsp3) is 0.346. The smallest absolute Gasteiger partial charge is 0.274 e. The van der Waals surface area contributed by atoms with Crippen LogP contribution in [0, 0.1) is 6.92 Å². The number of benzene rings is 2. The number of hydrogen-bond acceptors (Lipinski definition) is 4. The summed E-state index contributed by atoms with van der Waals surface area (Å²) in [5, 5.41) is 4.49. The zero-order chi connectivity index (χ0) is 23.2. The molecule has 1 saturated heterocycles. The molecule has 0 unspecified atom stereocenters. The molecule has 4 rings (SSSR count). The summed E-state index contributed by atoms with van der Waals surface area (Å²) < 4.78 is 7.11. The quantitative estimate of drug-likeness (QED) is 0.557. The largest absolute Gasteiger partial charge is 0.494 e. The summed E-state index contributed by atoms with van der Waals surface area (Å²) in [5.74, 6) is 0.743. The molecule has 1 fully saturated rings. The Bertz CT molecular complexity index is 1100. The van der Waals surface area contributed by atoms with E-state index in [2.05, 4.69) is 17.2 Å². The number of hydrogen-bond donors (Lipinski definition) is 0. The summed E-state index contributed by atoms with van der Waals surface area (Å²) in [4.78, 5) is 29.2. The monoisotopic (exact) mass is 446 g/mol. The molecule has 7 heteroatoms. The van der Waals surface area contributed by atoms with Crippen LogP contribution in [-0.2, 0) is 11.2 Å². The lowest BCUT2D eigenvalue weighted by Crippen LogP contribution is -2.50. The molecule has 2 aromatic carbocycles. The minimum absolute atomic E-state index is 0.114. The van der Waals surface area contributed by atoms with E-state index in [1.54, 1.807) is 29.0 Å². The first-order valence-corrected chi connectivity index (χ1v) is 11.4. The Hall–Kier alpha value is -3.61. The molecule has 33 heavy (non-hydrogen) atoms. The normalized spacial score (nSPS) is 13.8. The van der Waals surface area contributed by atoms with E-state index >= 15 is 0 Å². The number of methoxy groups -OCH3 is 1. The van der Waals surface area contributed by atoms with Crippen LogP contribution < -0.4 is 4.74 Å².